The molecule has 0 radical (unpaired) electrons. The normalized spacial score (nSPS) is 17.2. The fourth-order valence-corrected chi connectivity index (χ4v) is 9.27. The van der Waals surface area contributed by atoms with E-state index < -0.39 is 132 Å². The zero-order valence-corrected chi connectivity index (χ0v) is 45.6. The van der Waals surface area contributed by atoms with E-state index in [0.29, 0.717) is 25.8 Å². The molecule has 1 heterocycles. The van der Waals surface area contributed by atoms with Gasteiger partial charge >= 0.3 is 5.97 Å². The van der Waals surface area contributed by atoms with Crippen LogP contribution in [-0.4, -0.2) is 174 Å². The van der Waals surface area contributed by atoms with Gasteiger partial charge in [-0.15, -0.1) is 12.8 Å². The molecule has 9 amide bonds. The fraction of sp³-hybridized carbons (Fsp3) is 0.623. The summed E-state index contributed by atoms with van der Waals surface area (Å²) in [6.45, 7) is 15.4. The van der Waals surface area contributed by atoms with Gasteiger partial charge in [0, 0.05) is 41.3 Å². The average Bonchev–Trinajstić information content (AvgIpc) is 3.86. The lowest BCUT2D eigenvalue weighted by Gasteiger charge is -2.41. The summed E-state index contributed by atoms with van der Waals surface area (Å²) in [5.41, 5.74) is 0.738. The van der Waals surface area contributed by atoms with Crippen molar-refractivity contribution in [1.82, 2.24) is 46.6 Å². The molecule has 0 aliphatic carbocycles. The van der Waals surface area contributed by atoms with Crippen LogP contribution in [0.4, 0.5) is 0 Å². The number of carboxylic acid groups (broad SMARTS) is 1. The number of nitrogens with zero attached hydrogens (tertiary/aromatic N) is 3. The molecule has 414 valence electrons. The lowest BCUT2D eigenvalue weighted by Crippen LogP contribution is -2.62. The van der Waals surface area contributed by atoms with Crippen LogP contribution >= 0.6 is 0 Å². The van der Waals surface area contributed by atoms with Gasteiger partial charge in [0.2, 0.25) is 35.4 Å². The van der Waals surface area contributed by atoms with E-state index in [1.807, 2.05) is 19.9 Å². The maximum absolute atomic E-state index is 14.7. The lowest BCUT2D eigenvalue weighted by atomic mass is 9.89. The standard InChI is InChI=1S/C53H79N9O13/c1-16-31(8)44(38(74-14)28-41(65)62-26-22-25-37(62)45(75-15)32(9)47(66)56-36(53(72)73)27-35-23-20-19-21-24-35)61(13)52(71)42(29(4)5)59-49(68)43(30(6)7)60(12)51(70)34(11)55-48(67)33(10)54-50(69)46(57-39(63)17-2)58-40(64)18-3/h2-3,19-21,23-24,29-34,36-38,42-46H,16,22,25-28H2,1,4-15H3,(H,54,69)(H,55,67)(H,56,66)(H,57,63)(H,58,64)(H,59,68)(H,72,73)/t31-,32+,33-,34-,36?,37-,38+,42-,43?,44-,45+/m0/s1. The van der Waals surface area contributed by atoms with Gasteiger partial charge in [0.15, 0.2) is 6.17 Å². The molecule has 0 aromatic heterocycles. The number of likely N-dealkylation sites (N-methyl/N-ethyl adjacent to an activating group) is 2. The molecule has 1 saturated heterocycles. The second-order valence-corrected chi connectivity index (χ2v) is 19.7. The number of benzene rings is 1. The highest BCUT2D eigenvalue weighted by Gasteiger charge is 2.44. The molecule has 2 unspecified atom stereocenters. The van der Waals surface area contributed by atoms with Gasteiger partial charge in [-0.2, -0.15) is 0 Å². The number of terminal acetylenes is 2. The topological polar surface area (TPSA) is 291 Å². The number of nitrogens with one attached hydrogen (secondary N) is 6. The zero-order valence-electron chi connectivity index (χ0n) is 45.6. The highest BCUT2D eigenvalue weighted by Crippen LogP contribution is 2.30. The number of carboxylic acids is 1. The molecule has 22 nitrogen and oxygen atoms in total. The van der Waals surface area contributed by atoms with E-state index >= 15 is 0 Å². The summed E-state index contributed by atoms with van der Waals surface area (Å²) in [5.74, 6) is -6.39. The van der Waals surface area contributed by atoms with Crippen molar-refractivity contribution in [2.45, 2.75) is 155 Å². The van der Waals surface area contributed by atoms with Crippen molar-refractivity contribution < 1.29 is 62.5 Å². The Morgan fingerprint density at radius 1 is 0.720 bits per heavy atom. The predicted octanol–water partition coefficient (Wildman–Crippen LogP) is 0.177. The van der Waals surface area contributed by atoms with Crippen molar-refractivity contribution in [1.29, 1.82) is 0 Å². The van der Waals surface area contributed by atoms with Crippen LogP contribution < -0.4 is 31.9 Å². The van der Waals surface area contributed by atoms with Crippen LogP contribution in [0, 0.1) is 48.4 Å². The molecular weight excluding hydrogens is 971 g/mol. The first-order valence-corrected chi connectivity index (χ1v) is 25.1. The minimum absolute atomic E-state index is 0.0743. The summed E-state index contributed by atoms with van der Waals surface area (Å²) < 4.78 is 11.9. The zero-order chi connectivity index (χ0) is 57.0. The maximum atomic E-state index is 14.7. The van der Waals surface area contributed by atoms with Crippen LogP contribution in [0.2, 0.25) is 0 Å². The minimum Gasteiger partial charge on any atom is -0.480 e. The summed E-state index contributed by atoms with van der Waals surface area (Å²) in [6.07, 6.45) is 8.43. The first-order chi connectivity index (χ1) is 35.2. The average molecular weight is 1050 g/mol. The predicted molar refractivity (Wildman–Crippen MR) is 277 cm³/mol. The van der Waals surface area contributed by atoms with E-state index in [1.54, 1.807) is 82.7 Å². The van der Waals surface area contributed by atoms with Gasteiger partial charge in [0.05, 0.1) is 36.6 Å². The SMILES string of the molecule is C#CC(=O)NC(NC(=O)C#C)C(=O)N[C@@H](C)C(=O)N[C@@H](C)C(=O)N(C)C(C(=O)N[C@H](C(=O)N(C)[C@@H]([C@@H](C)CC)[C@@H](CC(=O)N1CCC[C@H]1[C@H](OC)[C@@H](C)C(=O)NC(Cc1ccccc1)C(=O)O)OC)C(C)C)C(C)C. The van der Waals surface area contributed by atoms with E-state index in [0.717, 1.165) is 10.5 Å². The van der Waals surface area contributed by atoms with E-state index in [4.69, 9.17) is 22.3 Å². The van der Waals surface area contributed by atoms with Crippen LogP contribution in [0.3, 0.4) is 0 Å². The van der Waals surface area contributed by atoms with Gasteiger partial charge in [-0.25, -0.2) is 4.79 Å². The van der Waals surface area contributed by atoms with Gasteiger partial charge in [0.1, 0.15) is 30.2 Å². The Labute approximate surface area is 441 Å². The van der Waals surface area contributed by atoms with E-state index in [9.17, 15) is 53.1 Å². The van der Waals surface area contributed by atoms with Crippen molar-refractivity contribution in [2.24, 2.45) is 23.7 Å². The largest absolute Gasteiger partial charge is 0.480 e. The third-order valence-corrected chi connectivity index (χ3v) is 13.6. The number of carbonyl (C=O) groups excluding carboxylic acids is 9. The molecule has 2 rings (SSSR count). The molecule has 1 aromatic rings. The van der Waals surface area contributed by atoms with Crippen LogP contribution in [0.25, 0.3) is 0 Å². The molecule has 0 spiro atoms. The number of ether oxygens (including phenoxy) is 2. The number of rotatable bonds is 28. The fourth-order valence-electron chi connectivity index (χ4n) is 9.27. The molecule has 22 heteroatoms. The molecule has 11 atom stereocenters. The summed E-state index contributed by atoms with van der Waals surface area (Å²) in [4.78, 5) is 137. The van der Waals surface area contributed by atoms with Gasteiger partial charge in [0.25, 0.3) is 17.7 Å². The monoisotopic (exact) mass is 1050 g/mol. The van der Waals surface area contributed by atoms with Gasteiger partial charge in [-0.3, -0.25) is 43.2 Å². The van der Waals surface area contributed by atoms with Crippen LogP contribution in [0.5, 0.6) is 0 Å². The van der Waals surface area contributed by atoms with E-state index in [2.05, 4.69) is 31.9 Å². The van der Waals surface area contributed by atoms with Crippen molar-refractivity contribution in [2.75, 3.05) is 34.9 Å². The van der Waals surface area contributed by atoms with Crippen molar-refractivity contribution >= 4 is 59.1 Å². The summed E-state index contributed by atoms with van der Waals surface area (Å²) in [6, 6.07) is 1.73. The van der Waals surface area contributed by atoms with Crippen LogP contribution in [0.1, 0.15) is 93.6 Å². The number of aliphatic carboxylic acids is 1. The molecule has 75 heavy (non-hydrogen) atoms. The molecule has 1 fully saturated rings. The van der Waals surface area contributed by atoms with Crippen molar-refractivity contribution in [3.05, 3.63) is 35.9 Å². The molecule has 1 aliphatic heterocycles. The highest BCUT2D eigenvalue weighted by molar-refractivity contribution is 6.01. The molecular formula is C53H79N9O13. The number of likely N-dealkylation sites (tertiary alicyclic amines) is 1. The van der Waals surface area contributed by atoms with Crippen molar-refractivity contribution in [3.8, 4) is 24.7 Å². The smallest absolute Gasteiger partial charge is 0.326 e. The van der Waals surface area contributed by atoms with Crippen molar-refractivity contribution in [3.63, 3.8) is 0 Å². The minimum atomic E-state index is -1.73. The number of amides is 9. The highest BCUT2D eigenvalue weighted by atomic mass is 16.5. The quantitative estimate of drug-likeness (QED) is 0.0436. The number of methoxy groups -OCH3 is 2. The number of hydrogen-bond acceptors (Lipinski definition) is 12. The third kappa shape index (κ3) is 18.1. The Kier molecular flexibility index (Phi) is 25.9. The van der Waals surface area contributed by atoms with E-state index in [1.165, 1.54) is 40.0 Å². The molecule has 0 bridgehead atoms. The second-order valence-electron chi connectivity index (χ2n) is 19.7. The van der Waals surface area contributed by atoms with Gasteiger partial charge in [-0.1, -0.05) is 85.2 Å². The molecule has 0 saturated carbocycles. The number of hydrogen-bond donors (Lipinski definition) is 7. The van der Waals surface area contributed by atoms with E-state index in [-0.39, 0.29) is 24.7 Å². The Morgan fingerprint density at radius 2 is 1.29 bits per heavy atom. The van der Waals surface area contributed by atoms with Gasteiger partial charge in [-0.05, 0) is 61.8 Å². The van der Waals surface area contributed by atoms with Gasteiger partial charge < -0.3 is 61.2 Å². The molecule has 1 aliphatic rings. The first-order valence-electron chi connectivity index (χ1n) is 25.1. The first kappa shape index (κ1) is 64.1. The molecule has 1 aromatic carbocycles. The third-order valence-electron chi connectivity index (χ3n) is 13.6. The summed E-state index contributed by atoms with van der Waals surface area (Å²) in [5, 5.41) is 24.4. The number of carbonyl (C=O) groups is 10. The van der Waals surface area contributed by atoms with Crippen LogP contribution in [-0.2, 0) is 63.8 Å². The summed E-state index contributed by atoms with van der Waals surface area (Å²) in [7, 11) is 5.86. The lowest BCUT2D eigenvalue weighted by molar-refractivity contribution is -0.149. The Morgan fingerprint density at radius 3 is 1.79 bits per heavy atom. The maximum Gasteiger partial charge on any atom is 0.326 e. The second kappa shape index (κ2) is 30.4. The summed E-state index contributed by atoms with van der Waals surface area (Å²) >= 11 is 0. The van der Waals surface area contributed by atoms with Crippen LogP contribution in [0.15, 0.2) is 30.3 Å². The Hall–Kier alpha value is -7.04. The Balaban J connectivity index is 2.27. The Bertz CT molecular complexity index is 2240. The molecule has 7 N–H and O–H groups in total.